The van der Waals surface area contributed by atoms with Gasteiger partial charge in [-0.3, -0.25) is 0 Å². The summed E-state index contributed by atoms with van der Waals surface area (Å²) in [7, 11) is 2.32. The second-order valence-electron chi connectivity index (χ2n) is 6.88. The molecule has 0 bridgehead atoms. The standard InChI is InChI=1S/C16H33N3/c1-15(13-19-10-8-17-9-11-19)12-18(2)14-16-6-4-3-5-7-16/h15-17H,3-14H2,1-2H3. The van der Waals surface area contributed by atoms with Crippen LogP contribution in [-0.2, 0) is 0 Å². The van der Waals surface area contributed by atoms with Crippen molar-refractivity contribution in [2.24, 2.45) is 11.8 Å². The summed E-state index contributed by atoms with van der Waals surface area (Å²) in [5.41, 5.74) is 0. The Bertz CT molecular complexity index is 208. The van der Waals surface area contributed by atoms with E-state index in [9.17, 15) is 0 Å². The van der Waals surface area contributed by atoms with Gasteiger partial charge in [0, 0.05) is 45.8 Å². The van der Waals surface area contributed by atoms with Crippen LogP contribution in [0.25, 0.3) is 0 Å². The largest absolute Gasteiger partial charge is 0.314 e. The number of hydrogen-bond acceptors (Lipinski definition) is 3. The minimum atomic E-state index is 0.798. The Labute approximate surface area is 119 Å². The smallest absolute Gasteiger partial charge is 0.0107 e. The predicted octanol–water partition coefficient (Wildman–Crippen LogP) is 2.04. The van der Waals surface area contributed by atoms with Crippen molar-refractivity contribution >= 4 is 0 Å². The van der Waals surface area contributed by atoms with E-state index in [1.807, 2.05) is 0 Å². The molecule has 2 aliphatic rings. The number of nitrogens with one attached hydrogen (secondary N) is 1. The highest BCUT2D eigenvalue weighted by molar-refractivity contribution is 4.73. The van der Waals surface area contributed by atoms with Crippen molar-refractivity contribution < 1.29 is 0 Å². The molecule has 0 spiro atoms. The van der Waals surface area contributed by atoms with Gasteiger partial charge in [-0.15, -0.1) is 0 Å². The molecule has 0 aromatic heterocycles. The Morgan fingerprint density at radius 3 is 2.53 bits per heavy atom. The first-order valence-corrected chi connectivity index (χ1v) is 8.35. The Morgan fingerprint density at radius 2 is 1.84 bits per heavy atom. The number of nitrogens with zero attached hydrogens (tertiary/aromatic N) is 2. The van der Waals surface area contributed by atoms with Crippen LogP contribution in [-0.4, -0.2) is 62.7 Å². The van der Waals surface area contributed by atoms with E-state index in [-0.39, 0.29) is 0 Å². The Morgan fingerprint density at radius 1 is 1.16 bits per heavy atom. The molecule has 2 fully saturated rings. The highest BCUT2D eigenvalue weighted by atomic mass is 15.2. The maximum absolute atomic E-state index is 3.43. The molecule has 19 heavy (non-hydrogen) atoms. The summed E-state index contributed by atoms with van der Waals surface area (Å²) in [6.45, 7) is 11.1. The van der Waals surface area contributed by atoms with Crippen LogP contribution in [0.3, 0.4) is 0 Å². The molecule has 1 atom stereocenters. The topological polar surface area (TPSA) is 18.5 Å². The van der Waals surface area contributed by atoms with E-state index in [0.717, 1.165) is 11.8 Å². The van der Waals surface area contributed by atoms with Gasteiger partial charge in [-0.1, -0.05) is 26.2 Å². The third kappa shape index (κ3) is 5.80. The molecule has 112 valence electrons. The van der Waals surface area contributed by atoms with E-state index in [1.165, 1.54) is 77.9 Å². The lowest BCUT2D eigenvalue weighted by Crippen LogP contribution is -2.46. The van der Waals surface area contributed by atoms with Gasteiger partial charge in [0.05, 0.1) is 0 Å². The Balaban J connectivity index is 1.61. The van der Waals surface area contributed by atoms with Crippen LogP contribution >= 0.6 is 0 Å². The Kier molecular flexibility index (Phi) is 6.62. The first-order valence-electron chi connectivity index (χ1n) is 8.35. The molecule has 1 saturated heterocycles. The maximum atomic E-state index is 3.43. The predicted molar refractivity (Wildman–Crippen MR) is 82.5 cm³/mol. The summed E-state index contributed by atoms with van der Waals surface area (Å²) in [6, 6.07) is 0. The zero-order valence-corrected chi connectivity index (χ0v) is 13.0. The van der Waals surface area contributed by atoms with E-state index in [1.54, 1.807) is 0 Å². The van der Waals surface area contributed by atoms with Crippen LogP contribution in [0.4, 0.5) is 0 Å². The third-order valence-electron chi connectivity index (χ3n) is 4.70. The van der Waals surface area contributed by atoms with Gasteiger partial charge in [-0.05, 0) is 31.7 Å². The van der Waals surface area contributed by atoms with Crippen LogP contribution in [0.15, 0.2) is 0 Å². The number of rotatable bonds is 6. The quantitative estimate of drug-likeness (QED) is 0.794. The fraction of sp³-hybridized carbons (Fsp3) is 1.00. The fourth-order valence-corrected chi connectivity index (χ4v) is 3.81. The van der Waals surface area contributed by atoms with Crippen LogP contribution in [0.1, 0.15) is 39.0 Å². The van der Waals surface area contributed by atoms with Gasteiger partial charge < -0.3 is 15.1 Å². The average molecular weight is 267 g/mol. The van der Waals surface area contributed by atoms with Crippen molar-refractivity contribution in [3.63, 3.8) is 0 Å². The Hall–Kier alpha value is -0.120. The summed E-state index contributed by atoms with van der Waals surface area (Å²) in [5, 5.41) is 3.43. The molecule has 0 radical (unpaired) electrons. The highest BCUT2D eigenvalue weighted by Crippen LogP contribution is 2.24. The number of piperazine rings is 1. The van der Waals surface area contributed by atoms with E-state index < -0.39 is 0 Å². The van der Waals surface area contributed by atoms with Crippen molar-refractivity contribution in [2.75, 3.05) is 52.9 Å². The van der Waals surface area contributed by atoms with E-state index in [4.69, 9.17) is 0 Å². The third-order valence-corrected chi connectivity index (χ3v) is 4.70. The van der Waals surface area contributed by atoms with E-state index in [2.05, 4.69) is 29.1 Å². The molecule has 1 aliphatic carbocycles. The minimum absolute atomic E-state index is 0.798. The summed E-state index contributed by atoms with van der Waals surface area (Å²) in [6.07, 6.45) is 7.34. The molecular weight excluding hydrogens is 234 g/mol. The molecule has 2 rings (SSSR count). The van der Waals surface area contributed by atoms with Crippen molar-refractivity contribution in [3.8, 4) is 0 Å². The molecule has 1 aliphatic heterocycles. The molecule has 0 aromatic carbocycles. The monoisotopic (exact) mass is 267 g/mol. The average Bonchev–Trinajstić information content (AvgIpc) is 2.40. The molecule has 0 aromatic rings. The van der Waals surface area contributed by atoms with Crippen LogP contribution in [0, 0.1) is 11.8 Å². The molecule has 3 heteroatoms. The van der Waals surface area contributed by atoms with Crippen molar-refractivity contribution in [2.45, 2.75) is 39.0 Å². The van der Waals surface area contributed by atoms with Gasteiger partial charge in [0.25, 0.3) is 0 Å². The summed E-state index contributed by atoms with van der Waals surface area (Å²) >= 11 is 0. The molecule has 1 N–H and O–H groups in total. The van der Waals surface area contributed by atoms with Crippen LogP contribution in [0.2, 0.25) is 0 Å². The summed E-state index contributed by atoms with van der Waals surface area (Å²) in [4.78, 5) is 5.21. The molecular formula is C16H33N3. The second-order valence-corrected chi connectivity index (χ2v) is 6.88. The van der Waals surface area contributed by atoms with Gasteiger partial charge in [0.1, 0.15) is 0 Å². The van der Waals surface area contributed by atoms with E-state index >= 15 is 0 Å². The van der Waals surface area contributed by atoms with Gasteiger partial charge in [-0.2, -0.15) is 0 Å². The summed E-state index contributed by atoms with van der Waals surface area (Å²) < 4.78 is 0. The van der Waals surface area contributed by atoms with Gasteiger partial charge in [0.2, 0.25) is 0 Å². The molecule has 3 nitrogen and oxygen atoms in total. The zero-order chi connectivity index (χ0) is 13.5. The van der Waals surface area contributed by atoms with Gasteiger partial charge in [0.15, 0.2) is 0 Å². The molecule has 1 saturated carbocycles. The van der Waals surface area contributed by atoms with Crippen molar-refractivity contribution in [1.82, 2.24) is 15.1 Å². The normalized spacial score (nSPS) is 24.8. The molecule has 0 amide bonds. The van der Waals surface area contributed by atoms with Crippen molar-refractivity contribution in [3.05, 3.63) is 0 Å². The first-order chi connectivity index (χ1) is 9.24. The minimum Gasteiger partial charge on any atom is -0.314 e. The fourth-order valence-electron chi connectivity index (χ4n) is 3.81. The lowest BCUT2D eigenvalue weighted by Gasteiger charge is -2.32. The van der Waals surface area contributed by atoms with Crippen LogP contribution < -0.4 is 5.32 Å². The molecule has 1 unspecified atom stereocenters. The van der Waals surface area contributed by atoms with Crippen molar-refractivity contribution in [1.29, 1.82) is 0 Å². The van der Waals surface area contributed by atoms with Gasteiger partial charge in [-0.25, -0.2) is 0 Å². The number of hydrogen-bond donors (Lipinski definition) is 1. The SMILES string of the molecule is CC(CN(C)CC1CCCCC1)CN1CCNCC1. The highest BCUT2D eigenvalue weighted by Gasteiger charge is 2.18. The lowest BCUT2D eigenvalue weighted by atomic mass is 9.89. The van der Waals surface area contributed by atoms with Gasteiger partial charge >= 0.3 is 0 Å². The zero-order valence-electron chi connectivity index (χ0n) is 13.0. The molecule has 1 heterocycles. The van der Waals surface area contributed by atoms with E-state index in [0.29, 0.717) is 0 Å². The van der Waals surface area contributed by atoms with Crippen LogP contribution in [0.5, 0.6) is 0 Å². The second kappa shape index (κ2) is 8.23. The summed E-state index contributed by atoms with van der Waals surface area (Å²) in [5.74, 6) is 1.77. The maximum Gasteiger partial charge on any atom is 0.0107 e. The lowest BCUT2D eigenvalue weighted by molar-refractivity contribution is 0.166. The first kappa shape index (κ1) is 15.3.